The van der Waals surface area contributed by atoms with Gasteiger partial charge in [-0.25, -0.2) is 5.32 Å². The molecule has 1 heterocycles. The largest absolute Gasteiger partial charge is 0.573 e. The molecule has 1 atom stereocenters. The first-order valence-electron chi connectivity index (χ1n) is 7.68. The summed E-state index contributed by atoms with van der Waals surface area (Å²) in [5.41, 5.74) is 0. The van der Waals surface area contributed by atoms with Gasteiger partial charge in [0.15, 0.2) is 0 Å². The summed E-state index contributed by atoms with van der Waals surface area (Å²) in [6.45, 7) is 1.59. The number of hydrogen-bond acceptors (Lipinski definition) is 2. The summed E-state index contributed by atoms with van der Waals surface area (Å²) >= 11 is 0. The zero-order chi connectivity index (χ0) is 15.8. The number of alkyl halides is 3. The van der Waals surface area contributed by atoms with Crippen LogP contribution in [0.3, 0.4) is 0 Å². The predicted molar refractivity (Wildman–Crippen MR) is 77.1 cm³/mol. The van der Waals surface area contributed by atoms with E-state index in [4.69, 9.17) is 4.74 Å². The fraction of sp³-hybridized carbons (Fsp3) is 0.625. The number of unbranched alkanes of at least 4 members (excludes halogenated alkanes) is 2. The molecule has 22 heavy (non-hydrogen) atoms. The molecule has 0 aliphatic carbocycles. The monoisotopic (exact) mass is 316 g/mol. The molecule has 1 aromatic rings. The maximum atomic E-state index is 12.0. The van der Waals surface area contributed by atoms with Gasteiger partial charge in [0.2, 0.25) is 0 Å². The molecule has 0 N–H and O–H groups in total. The Labute approximate surface area is 128 Å². The van der Waals surface area contributed by atoms with Gasteiger partial charge < -0.3 is 9.47 Å². The summed E-state index contributed by atoms with van der Waals surface area (Å²) in [5.74, 6) is 0.320. The van der Waals surface area contributed by atoms with E-state index in [0.29, 0.717) is 18.4 Å². The van der Waals surface area contributed by atoms with E-state index < -0.39 is 6.36 Å². The molecule has 0 saturated carbocycles. The van der Waals surface area contributed by atoms with E-state index in [-0.39, 0.29) is 5.75 Å². The lowest BCUT2D eigenvalue weighted by Gasteiger charge is -2.10. The summed E-state index contributed by atoms with van der Waals surface area (Å²) in [5, 5.41) is 4.51. The fourth-order valence-electron chi connectivity index (χ4n) is 2.51. The van der Waals surface area contributed by atoms with Crippen LogP contribution in [0.15, 0.2) is 24.3 Å². The number of nitrogens with zero attached hydrogens (tertiary/aromatic N) is 1. The average molecular weight is 316 g/mol. The smallest absolute Gasteiger partial charge is 0.494 e. The molecular weight excluding hydrogens is 295 g/mol. The molecule has 3 nitrogen and oxygen atoms in total. The van der Waals surface area contributed by atoms with Crippen molar-refractivity contribution in [1.29, 1.82) is 0 Å². The highest BCUT2D eigenvalue weighted by molar-refractivity contribution is 5.31. The molecule has 2 rings (SSSR count). The molecule has 0 amide bonds. The third kappa shape index (κ3) is 6.56. The van der Waals surface area contributed by atoms with E-state index in [0.717, 1.165) is 32.2 Å². The van der Waals surface area contributed by atoms with Gasteiger partial charge in [-0.05, 0) is 49.9 Å². The Bertz CT molecular complexity index is 428. The molecule has 123 valence electrons. The molecule has 1 aromatic carbocycles. The standard InChI is InChI=1S/C16H21F3NO2/c17-16(18,19)22-15-9-7-14(8-10-15)21-12-3-1-2-5-13-6-4-11-20-13/h7-10,13H,1-6,11-12H2. The lowest BCUT2D eigenvalue weighted by atomic mass is 10.1. The summed E-state index contributed by atoms with van der Waals surface area (Å²) in [6, 6.07) is 6.04. The van der Waals surface area contributed by atoms with Crippen LogP contribution >= 0.6 is 0 Å². The van der Waals surface area contributed by atoms with Gasteiger partial charge in [0, 0.05) is 12.6 Å². The second-order valence-electron chi connectivity index (χ2n) is 5.42. The molecule has 6 heteroatoms. The number of hydrogen-bond donors (Lipinski definition) is 0. The van der Waals surface area contributed by atoms with Gasteiger partial charge in [-0.1, -0.05) is 12.8 Å². The average Bonchev–Trinajstić information content (AvgIpc) is 2.96. The van der Waals surface area contributed by atoms with Crippen molar-refractivity contribution in [3.8, 4) is 11.5 Å². The molecule has 0 bridgehead atoms. The maximum absolute atomic E-state index is 12.0. The lowest BCUT2D eigenvalue weighted by Crippen LogP contribution is -2.16. The van der Waals surface area contributed by atoms with Crippen molar-refractivity contribution in [2.24, 2.45) is 0 Å². The number of halogens is 3. The maximum Gasteiger partial charge on any atom is 0.573 e. The van der Waals surface area contributed by atoms with Crippen LogP contribution in [0.4, 0.5) is 13.2 Å². The van der Waals surface area contributed by atoms with Crippen LogP contribution in [0.1, 0.15) is 38.5 Å². The Kier molecular flexibility index (Phi) is 6.36. The van der Waals surface area contributed by atoms with E-state index in [1.807, 2.05) is 0 Å². The first-order chi connectivity index (χ1) is 10.5. The molecular formula is C16H21F3NO2. The molecule has 0 spiro atoms. The summed E-state index contributed by atoms with van der Waals surface area (Å²) < 4.78 is 45.3. The highest BCUT2D eigenvalue weighted by Crippen LogP contribution is 2.24. The molecule has 0 aromatic heterocycles. The van der Waals surface area contributed by atoms with Crippen LogP contribution in [0, 0.1) is 0 Å². The fourth-order valence-corrected chi connectivity index (χ4v) is 2.51. The highest BCUT2D eigenvalue weighted by atomic mass is 19.4. The van der Waals surface area contributed by atoms with Crippen molar-refractivity contribution < 1.29 is 22.6 Å². The van der Waals surface area contributed by atoms with Gasteiger partial charge in [-0.15, -0.1) is 13.2 Å². The zero-order valence-electron chi connectivity index (χ0n) is 12.4. The van der Waals surface area contributed by atoms with Crippen molar-refractivity contribution in [2.75, 3.05) is 13.2 Å². The van der Waals surface area contributed by atoms with Crippen molar-refractivity contribution in [3.05, 3.63) is 24.3 Å². The van der Waals surface area contributed by atoms with E-state index in [1.165, 1.54) is 37.1 Å². The number of ether oxygens (including phenoxy) is 2. The summed E-state index contributed by atoms with van der Waals surface area (Å²) in [4.78, 5) is 0. The van der Waals surface area contributed by atoms with Crippen LogP contribution in [0.25, 0.3) is 0 Å². The predicted octanol–water partition coefficient (Wildman–Crippen LogP) is 4.29. The number of benzene rings is 1. The molecule has 1 unspecified atom stereocenters. The van der Waals surface area contributed by atoms with Crippen LogP contribution < -0.4 is 14.8 Å². The summed E-state index contributed by atoms with van der Waals surface area (Å²) in [6.07, 6.45) is 2.12. The van der Waals surface area contributed by atoms with E-state index in [1.54, 1.807) is 0 Å². The molecule has 1 aliphatic rings. The Morgan fingerprint density at radius 3 is 2.41 bits per heavy atom. The summed E-state index contributed by atoms with van der Waals surface area (Å²) in [7, 11) is 0. The van der Waals surface area contributed by atoms with Crippen LogP contribution in [0.5, 0.6) is 11.5 Å². The second-order valence-corrected chi connectivity index (χ2v) is 5.42. The highest BCUT2D eigenvalue weighted by Gasteiger charge is 2.30. The topological polar surface area (TPSA) is 32.6 Å². The minimum absolute atomic E-state index is 0.236. The SMILES string of the molecule is FC(F)(F)Oc1ccc(OCCCCCC2CCC[N]2)cc1. The van der Waals surface area contributed by atoms with Crippen molar-refractivity contribution >= 4 is 0 Å². The first-order valence-corrected chi connectivity index (χ1v) is 7.68. The molecule has 1 aliphatic heterocycles. The van der Waals surface area contributed by atoms with Crippen molar-refractivity contribution in [1.82, 2.24) is 5.32 Å². The van der Waals surface area contributed by atoms with Crippen LogP contribution in [-0.2, 0) is 0 Å². The third-order valence-electron chi connectivity index (χ3n) is 3.59. The lowest BCUT2D eigenvalue weighted by molar-refractivity contribution is -0.274. The van der Waals surface area contributed by atoms with Gasteiger partial charge in [0.25, 0.3) is 0 Å². The van der Waals surface area contributed by atoms with Gasteiger partial charge in [-0.3, -0.25) is 0 Å². The van der Waals surface area contributed by atoms with Crippen molar-refractivity contribution in [3.63, 3.8) is 0 Å². The molecule has 1 saturated heterocycles. The van der Waals surface area contributed by atoms with Gasteiger partial charge >= 0.3 is 6.36 Å². The van der Waals surface area contributed by atoms with Crippen LogP contribution in [0.2, 0.25) is 0 Å². The normalized spacial score (nSPS) is 18.4. The molecule has 1 fully saturated rings. The van der Waals surface area contributed by atoms with E-state index in [9.17, 15) is 13.2 Å². The van der Waals surface area contributed by atoms with E-state index in [2.05, 4.69) is 10.1 Å². The zero-order valence-corrected chi connectivity index (χ0v) is 12.4. The Balaban J connectivity index is 1.56. The third-order valence-corrected chi connectivity index (χ3v) is 3.59. The van der Waals surface area contributed by atoms with E-state index >= 15 is 0 Å². The Morgan fingerprint density at radius 1 is 1.05 bits per heavy atom. The Morgan fingerprint density at radius 2 is 1.77 bits per heavy atom. The minimum atomic E-state index is -4.66. The van der Waals surface area contributed by atoms with Gasteiger partial charge in [0.05, 0.1) is 6.61 Å². The van der Waals surface area contributed by atoms with Crippen molar-refractivity contribution in [2.45, 2.75) is 50.9 Å². The van der Waals surface area contributed by atoms with Gasteiger partial charge in [-0.2, -0.15) is 0 Å². The van der Waals surface area contributed by atoms with Crippen LogP contribution in [-0.4, -0.2) is 25.6 Å². The quantitative estimate of drug-likeness (QED) is 0.670. The van der Waals surface area contributed by atoms with Gasteiger partial charge in [0.1, 0.15) is 11.5 Å². The molecule has 1 radical (unpaired) electrons. The minimum Gasteiger partial charge on any atom is -0.494 e. The number of rotatable bonds is 8. The second kappa shape index (κ2) is 8.27. The Hall–Kier alpha value is -1.43. The first kappa shape index (κ1) is 16.9.